The van der Waals surface area contributed by atoms with Crippen LogP contribution in [-0.4, -0.2) is 41.5 Å². The lowest BCUT2D eigenvalue weighted by Crippen LogP contribution is -2.36. The summed E-state index contributed by atoms with van der Waals surface area (Å²) in [6, 6.07) is 5.09. The van der Waals surface area contributed by atoms with Crippen molar-refractivity contribution in [2.75, 3.05) is 19.7 Å². The van der Waals surface area contributed by atoms with Gasteiger partial charge in [0.1, 0.15) is 17.3 Å². The number of likely N-dealkylation sites (tertiary alicyclic amines) is 1. The van der Waals surface area contributed by atoms with E-state index in [4.69, 9.17) is 13.9 Å². The number of hydrogen-bond acceptors (Lipinski definition) is 7. The predicted molar refractivity (Wildman–Crippen MR) is 109 cm³/mol. The van der Waals surface area contributed by atoms with Crippen molar-refractivity contribution in [3.05, 3.63) is 52.7 Å². The minimum Gasteiger partial charge on any atom is -0.507 e. The van der Waals surface area contributed by atoms with Crippen LogP contribution in [0, 0.1) is 12.8 Å². The van der Waals surface area contributed by atoms with E-state index in [0.29, 0.717) is 67.3 Å². The molecular formula is C23H25NO6. The molecule has 0 spiro atoms. The van der Waals surface area contributed by atoms with Gasteiger partial charge in [0.2, 0.25) is 5.78 Å². The minimum atomic E-state index is -0.221. The monoisotopic (exact) mass is 411 g/mol. The van der Waals surface area contributed by atoms with Crippen LogP contribution in [0.5, 0.6) is 11.5 Å². The van der Waals surface area contributed by atoms with E-state index in [2.05, 4.69) is 4.90 Å². The van der Waals surface area contributed by atoms with Crippen LogP contribution >= 0.6 is 0 Å². The number of fused-ring (bicyclic) bond motifs is 1. The highest BCUT2D eigenvalue weighted by Gasteiger charge is 2.34. The minimum absolute atomic E-state index is 0.0841. The Morgan fingerprint density at radius 1 is 1.37 bits per heavy atom. The Labute approximate surface area is 174 Å². The number of aromatic hydroxyl groups is 1. The third kappa shape index (κ3) is 3.85. The molecule has 2 aromatic rings. The summed E-state index contributed by atoms with van der Waals surface area (Å²) in [6.07, 6.45) is 4.50. The van der Waals surface area contributed by atoms with E-state index in [9.17, 15) is 14.7 Å². The van der Waals surface area contributed by atoms with Gasteiger partial charge in [0, 0.05) is 12.6 Å². The second kappa shape index (κ2) is 8.36. The molecule has 158 valence electrons. The summed E-state index contributed by atoms with van der Waals surface area (Å²) in [5.74, 6) is 0.762. The van der Waals surface area contributed by atoms with E-state index in [1.807, 2.05) is 6.92 Å². The molecule has 1 saturated heterocycles. The van der Waals surface area contributed by atoms with Crippen molar-refractivity contribution in [1.29, 1.82) is 0 Å². The Hall–Kier alpha value is -3.06. The number of phenols is 1. The molecule has 1 N–H and O–H groups in total. The summed E-state index contributed by atoms with van der Waals surface area (Å²) < 4.78 is 16.3. The second-order valence-corrected chi connectivity index (χ2v) is 7.65. The highest BCUT2D eigenvalue weighted by atomic mass is 16.5. The van der Waals surface area contributed by atoms with Crippen molar-refractivity contribution < 1.29 is 28.6 Å². The van der Waals surface area contributed by atoms with Crippen LogP contribution in [0.4, 0.5) is 0 Å². The average Bonchev–Trinajstić information content (AvgIpc) is 3.34. The molecule has 0 bridgehead atoms. The van der Waals surface area contributed by atoms with E-state index >= 15 is 0 Å². The molecule has 2 aliphatic rings. The number of carbonyl (C=O) groups is 2. The fourth-order valence-electron chi connectivity index (χ4n) is 4.05. The molecule has 7 heteroatoms. The fourth-order valence-corrected chi connectivity index (χ4v) is 4.05. The van der Waals surface area contributed by atoms with E-state index < -0.39 is 0 Å². The smallest absolute Gasteiger partial charge is 0.309 e. The number of piperidine rings is 1. The van der Waals surface area contributed by atoms with Gasteiger partial charge < -0.3 is 19.0 Å². The summed E-state index contributed by atoms with van der Waals surface area (Å²) in [5.41, 5.74) is 1.73. The fraction of sp³-hybridized carbons (Fsp3) is 0.391. The molecule has 0 amide bonds. The number of phenolic OH excluding ortho intramolecular Hbond substituents is 1. The molecule has 0 atom stereocenters. The summed E-state index contributed by atoms with van der Waals surface area (Å²) in [5, 5.41) is 10.6. The van der Waals surface area contributed by atoms with E-state index in [-0.39, 0.29) is 29.2 Å². The Balaban J connectivity index is 1.54. The number of ether oxygens (including phenoxy) is 2. The maximum atomic E-state index is 12.9. The van der Waals surface area contributed by atoms with E-state index in [0.717, 1.165) is 0 Å². The first-order valence-electron chi connectivity index (χ1n) is 10.2. The summed E-state index contributed by atoms with van der Waals surface area (Å²) in [7, 11) is 0. The van der Waals surface area contributed by atoms with Crippen LogP contribution in [0.1, 0.15) is 47.0 Å². The molecule has 0 saturated carbocycles. The van der Waals surface area contributed by atoms with Gasteiger partial charge in [-0.1, -0.05) is 0 Å². The van der Waals surface area contributed by atoms with Crippen molar-refractivity contribution in [2.24, 2.45) is 5.92 Å². The number of ketones is 1. The number of allylic oxidation sites excluding steroid dienone is 1. The predicted octanol–water partition coefficient (Wildman–Crippen LogP) is 3.68. The zero-order chi connectivity index (χ0) is 21.3. The number of esters is 1. The zero-order valence-corrected chi connectivity index (χ0v) is 17.1. The van der Waals surface area contributed by atoms with Gasteiger partial charge in [0.15, 0.2) is 5.76 Å². The average molecular weight is 411 g/mol. The molecule has 1 aromatic heterocycles. The first kappa shape index (κ1) is 20.2. The number of furan rings is 1. The van der Waals surface area contributed by atoms with E-state index in [1.54, 1.807) is 31.2 Å². The molecule has 3 heterocycles. The molecule has 30 heavy (non-hydrogen) atoms. The standard InChI is InChI=1S/C23H25NO6/c1-3-28-23(27)15-6-8-24(9-7-15)13-17-18(25)11-14(2)20-21(26)19(30-22(17)20)12-16-5-4-10-29-16/h4-5,10-12,15,25H,3,6-9,13H2,1-2H3/b19-12+. The number of Topliss-reactive ketones (excluding diaryl/α,β-unsaturated/α-hetero) is 1. The topological polar surface area (TPSA) is 89.2 Å². The van der Waals surface area contributed by atoms with Crippen molar-refractivity contribution in [2.45, 2.75) is 33.2 Å². The molecule has 1 aromatic carbocycles. The third-order valence-corrected chi connectivity index (χ3v) is 5.63. The van der Waals surface area contributed by atoms with Crippen molar-refractivity contribution in [1.82, 2.24) is 4.90 Å². The number of aryl methyl sites for hydroxylation is 1. The molecule has 0 aliphatic carbocycles. The molecule has 7 nitrogen and oxygen atoms in total. The molecule has 0 radical (unpaired) electrons. The quantitative estimate of drug-likeness (QED) is 0.593. The number of nitrogens with zero attached hydrogens (tertiary/aromatic N) is 1. The third-order valence-electron chi connectivity index (χ3n) is 5.63. The van der Waals surface area contributed by atoms with Crippen LogP contribution in [0.3, 0.4) is 0 Å². The Morgan fingerprint density at radius 2 is 2.13 bits per heavy atom. The van der Waals surface area contributed by atoms with Gasteiger partial charge in [-0.2, -0.15) is 0 Å². The highest BCUT2D eigenvalue weighted by molar-refractivity contribution is 6.15. The van der Waals surface area contributed by atoms with Gasteiger partial charge in [-0.15, -0.1) is 0 Å². The van der Waals surface area contributed by atoms with Crippen LogP contribution in [0.15, 0.2) is 34.6 Å². The van der Waals surface area contributed by atoms with Gasteiger partial charge in [0.05, 0.1) is 29.9 Å². The maximum absolute atomic E-state index is 12.9. The number of benzene rings is 1. The van der Waals surface area contributed by atoms with Crippen LogP contribution in [-0.2, 0) is 16.1 Å². The largest absolute Gasteiger partial charge is 0.507 e. The van der Waals surface area contributed by atoms with Crippen LogP contribution in [0.25, 0.3) is 6.08 Å². The second-order valence-electron chi connectivity index (χ2n) is 7.65. The van der Waals surface area contributed by atoms with Gasteiger partial charge in [-0.3, -0.25) is 14.5 Å². The lowest BCUT2D eigenvalue weighted by Gasteiger charge is -2.31. The summed E-state index contributed by atoms with van der Waals surface area (Å²) in [4.78, 5) is 27.0. The van der Waals surface area contributed by atoms with Crippen molar-refractivity contribution in [3.8, 4) is 11.5 Å². The molecular weight excluding hydrogens is 386 g/mol. The number of rotatable bonds is 5. The molecule has 2 aliphatic heterocycles. The summed E-state index contributed by atoms with van der Waals surface area (Å²) >= 11 is 0. The SMILES string of the molecule is CCOC(=O)C1CCN(Cc2c(O)cc(C)c3c2O/C(=C/c2ccco2)C3=O)CC1. The zero-order valence-electron chi connectivity index (χ0n) is 17.1. The molecule has 1 fully saturated rings. The number of carbonyl (C=O) groups excluding carboxylic acids is 2. The maximum Gasteiger partial charge on any atom is 0.309 e. The molecule has 0 unspecified atom stereocenters. The van der Waals surface area contributed by atoms with Gasteiger partial charge in [-0.25, -0.2) is 0 Å². The van der Waals surface area contributed by atoms with Gasteiger partial charge in [-0.05, 0) is 63.5 Å². The molecule has 4 rings (SSSR count). The number of hydrogen-bond donors (Lipinski definition) is 1. The first-order chi connectivity index (χ1) is 14.5. The van der Waals surface area contributed by atoms with Gasteiger partial charge in [0.25, 0.3) is 0 Å². The Kier molecular flexibility index (Phi) is 5.63. The van der Waals surface area contributed by atoms with Crippen LogP contribution < -0.4 is 4.74 Å². The highest BCUT2D eigenvalue weighted by Crippen LogP contribution is 2.42. The van der Waals surface area contributed by atoms with Gasteiger partial charge >= 0.3 is 5.97 Å². The normalized spacial score (nSPS) is 18.5. The Bertz CT molecular complexity index is 984. The first-order valence-corrected chi connectivity index (χ1v) is 10.2. The van der Waals surface area contributed by atoms with Crippen LogP contribution in [0.2, 0.25) is 0 Å². The van der Waals surface area contributed by atoms with Crippen molar-refractivity contribution >= 4 is 17.8 Å². The lowest BCUT2D eigenvalue weighted by atomic mass is 9.95. The van der Waals surface area contributed by atoms with E-state index in [1.165, 1.54) is 6.26 Å². The van der Waals surface area contributed by atoms with Crippen molar-refractivity contribution in [3.63, 3.8) is 0 Å². The Morgan fingerprint density at radius 3 is 2.80 bits per heavy atom. The summed E-state index contributed by atoms with van der Waals surface area (Å²) in [6.45, 7) is 5.82. The lowest BCUT2D eigenvalue weighted by molar-refractivity contribution is -0.149.